The van der Waals surface area contributed by atoms with Gasteiger partial charge in [0.05, 0.1) is 29.1 Å². The van der Waals surface area contributed by atoms with Crippen LogP contribution in [0, 0.1) is 24.0 Å². The van der Waals surface area contributed by atoms with Crippen LogP contribution in [-0.4, -0.2) is 9.49 Å². The second-order valence-corrected chi connectivity index (χ2v) is 7.61. The summed E-state index contributed by atoms with van der Waals surface area (Å²) in [5, 5.41) is 13.2. The number of nitrogens with zero attached hydrogens (tertiary/aromatic N) is 3. The van der Waals surface area contributed by atoms with Gasteiger partial charge in [-0.15, -0.1) is 11.3 Å². The zero-order valence-corrected chi connectivity index (χ0v) is 16.8. The van der Waals surface area contributed by atoms with Crippen LogP contribution < -0.4 is 4.80 Å². The molecule has 0 spiro atoms. The lowest BCUT2D eigenvalue weighted by Crippen LogP contribution is -2.16. The molecule has 4 rings (SSSR count). The zero-order chi connectivity index (χ0) is 20.4. The van der Waals surface area contributed by atoms with Gasteiger partial charge in [0.15, 0.2) is 4.80 Å². The van der Waals surface area contributed by atoms with Gasteiger partial charge in [-0.05, 0) is 43.2 Å². The fraction of sp³-hybridized carbons (Fsp3) is 0.136. The summed E-state index contributed by atoms with van der Waals surface area (Å²) in [6.45, 7) is 4.56. The van der Waals surface area contributed by atoms with E-state index in [0.717, 1.165) is 38.6 Å². The lowest BCUT2D eigenvalue weighted by Gasteiger charge is -2.08. The van der Waals surface area contributed by atoms with Crippen molar-refractivity contribution < 1.29 is 9.34 Å². The third kappa shape index (κ3) is 4.05. The third-order valence-corrected chi connectivity index (χ3v) is 5.49. The minimum Gasteiger partial charge on any atom is -0.467 e. The number of rotatable bonds is 5. The number of thiazole rings is 1. The van der Waals surface area contributed by atoms with Gasteiger partial charge in [-0.25, -0.2) is 4.99 Å². The minimum atomic E-state index is -0.381. The quantitative estimate of drug-likeness (QED) is 0.320. The number of aryl methyl sites for hydroxylation is 2. The summed E-state index contributed by atoms with van der Waals surface area (Å²) in [4.78, 5) is 16.5. The predicted molar refractivity (Wildman–Crippen MR) is 113 cm³/mol. The summed E-state index contributed by atoms with van der Waals surface area (Å²) in [6.07, 6.45) is 1.64. The monoisotopic (exact) mass is 405 g/mol. The first-order chi connectivity index (χ1) is 14.0. The van der Waals surface area contributed by atoms with Crippen LogP contribution in [0.4, 0.5) is 11.4 Å². The SMILES string of the molecule is Cc1ccc(C)c(N=c2scc(-c3cccc([N+](=O)[O-])c3)n2Cc2ccco2)c1. The molecule has 0 aliphatic heterocycles. The van der Waals surface area contributed by atoms with E-state index in [2.05, 4.69) is 18.2 Å². The van der Waals surface area contributed by atoms with Gasteiger partial charge < -0.3 is 8.98 Å². The van der Waals surface area contributed by atoms with Crippen LogP contribution in [-0.2, 0) is 6.54 Å². The molecule has 0 N–H and O–H groups in total. The summed E-state index contributed by atoms with van der Waals surface area (Å²) >= 11 is 1.50. The first-order valence-electron chi connectivity index (χ1n) is 9.09. The van der Waals surface area contributed by atoms with Crippen LogP contribution in [0.1, 0.15) is 16.9 Å². The van der Waals surface area contributed by atoms with E-state index in [1.54, 1.807) is 18.4 Å². The van der Waals surface area contributed by atoms with Gasteiger partial charge in [-0.1, -0.05) is 24.3 Å². The number of nitro benzene ring substituents is 1. The molecule has 0 aliphatic carbocycles. The molecular formula is C22H19N3O3S. The molecule has 2 aromatic heterocycles. The summed E-state index contributed by atoms with van der Waals surface area (Å²) < 4.78 is 7.57. The molecule has 146 valence electrons. The Morgan fingerprint density at radius 2 is 2.00 bits per heavy atom. The molecule has 2 heterocycles. The highest BCUT2D eigenvalue weighted by atomic mass is 32.1. The van der Waals surface area contributed by atoms with Gasteiger partial charge in [0.2, 0.25) is 0 Å². The number of hydrogen-bond donors (Lipinski definition) is 0. The Morgan fingerprint density at radius 3 is 2.76 bits per heavy atom. The average molecular weight is 405 g/mol. The van der Waals surface area contributed by atoms with Crippen LogP contribution in [0.25, 0.3) is 11.3 Å². The van der Waals surface area contributed by atoms with Crippen molar-refractivity contribution >= 4 is 22.7 Å². The van der Waals surface area contributed by atoms with E-state index in [9.17, 15) is 10.1 Å². The predicted octanol–water partition coefficient (Wildman–Crippen LogP) is 5.62. The van der Waals surface area contributed by atoms with Crippen molar-refractivity contribution in [2.75, 3.05) is 0 Å². The molecule has 0 saturated carbocycles. The second kappa shape index (κ2) is 7.89. The van der Waals surface area contributed by atoms with Gasteiger partial charge in [0, 0.05) is 23.1 Å². The Bertz CT molecular complexity index is 1240. The van der Waals surface area contributed by atoms with Gasteiger partial charge in [0.1, 0.15) is 5.76 Å². The van der Waals surface area contributed by atoms with Crippen LogP contribution in [0.5, 0.6) is 0 Å². The molecule has 0 amide bonds. The van der Waals surface area contributed by atoms with Gasteiger partial charge in [-0.3, -0.25) is 10.1 Å². The number of aromatic nitrogens is 1. The lowest BCUT2D eigenvalue weighted by molar-refractivity contribution is -0.384. The largest absolute Gasteiger partial charge is 0.467 e. The fourth-order valence-electron chi connectivity index (χ4n) is 3.08. The first-order valence-corrected chi connectivity index (χ1v) is 9.97. The highest BCUT2D eigenvalue weighted by Crippen LogP contribution is 2.26. The van der Waals surface area contributed by atoms with Gasteiger partial charge in [0.25, 0.3) is 5.69 Å². The molecule has 0 unspecified atom stereocenters. The van der Waals surface area contributed by atoms with Crippen molar-refractivity contribution in [3.63, 3.8) is 0 Å². The molecule has 7 heteroatoms. The number of benzene rings is 2. The van der Waals surface area contributed by atoms with Crippen molar-refractivity contribution in [3.8, 4) is 11.3 Å². The molecule has 0 atom stereocenters. The number of hydrogen-bond acceptors (Lipinski definition) is 5. The average Bonchev–Trinajstić information content (AvgIpc) is 3.36. The van der Waals surface area contributed by atoms with E-state index in [0.29, 0.717) is 6.54 Å². The molecular weight excluding hydrogens is 386 g/mol. The molecule has 0 saturated heterocycles. The third-order valence-electron chi connectivity index (χ3n) is 4.63. The molecule has 4 aromatic rings. The van der Waals surface area contributed by atoms with Crippen molar-refractivity contribution in [1.29, 1.82) is 0 Å². The Morgan fingerprint density at radius 1 is 1.14 bits per heavy atom. The van der Waals surface area contributed by atoms with Gasteiger partial charge in [-0.2, -0.15) is 0 Å². The molecule has 6 nitrogen and oxygen atoms in total. The summed E-state index contributed by atoms with van der Waals surface area (Å²) in [7, 11) is 0. The van der Waals surface area contributed by atoms with E-state index in [4.69, 9.17) is 9.41 Å². The maximum absolute atomic E-state index is 11.2. The standard InChI is InChI=1S/C22H19N3O3S/c1-15-8-9-16(2)20(11-15)23-22-24(13-19-7-4-10-28-19)21(14-29-22)17-5-3-6-18(12-17)25(26)27/h3-12,14H,13H2,1-2H3. The molecule has 2 aromatic carbocycles. The molecule has 29 heavy (non-hydrogen) atoms. The van der Waals surface area contributed by atoms with Crippen LogP contribution in [0.2, 0.25) is 0 Å². The van der Waals surface area contributed by atoms with Crippen molar-refractivity contribution in [1.82, 2.24) is 4.57 Å². The van der Waals surface area contributed by atoms with E-state index in [1.165, 1.54) is 17.4 Å². The Kier molecular flexibility index (Phi) is 5.14. The maximum Gasteiger partial charge on any atom is 0.270 e. The molecule has 0 bridgehead atoms. The van der Waals surface area contributed by atoms with Crippen molar-refractivity contribution in [3.05, 3.63) is 98.0 Å². The van der Waals surface area contributed by atoms with Crippen LogP contribution in [0.15, 0.2) is 75.7 Å². The van der Waals surface area contributed by atoms with Crippen molar-refractivity contribution in [2.24, 2.45) is 4.99 Å². The Balaban J connectivity index is 1.89. The molecule has 0 radical (unpaired) electrons. The van der Waals surface area contributed by atoms with Crippen molar-refractivity contribution in [2.45, 2.75) is 20.4 Å². The smallest absolute Gasteiger partial charge is 0.270 e. The van der Waals surface area contributed by atoms with E-state index < -0.39 is 0 Å². The Labute approximate surface area is 171 Å². The number of non-ortho nitro benzene ring substituents is 1. The first kappa shape index (κ1) is 18.9. The number of furan rings is 1. The zero-order valence-electron chi connectivity index (χ0n) is 16.0. The Hall–Kier alpha value is -3.45. The van der Waals surface area contributed by atoms with E-state index >= 15 is 0 Å². The highest BCUT2D eigenvalue weighted by Gasteiger charge is 2.14. The molecule has 0 aliphatic rings. The second-order valence-electron chi connectivity index (χ2n) is 6.78. The van der Waals surface area contributed by atoms with Crippen LogP contribution in [0.3, 0.4) is 0 Å². The topological polar surface area (TPSA) is 73.6 Å². The highest BCUT2D eigenvalue weighted by molar-refractivity contribution is 7.07. The normalized spacial score (nSPS) is 11.7. The minimum absolute atomic E-state index is 0.0614. The van der Waals surface area contributed by atoms with Gasteiger partial charge >= 0.3 is 0 Å². The lowest BCUT2D eigenvalue weighted by atomic mass is 10.1. The summed E-state index contributed by atoms with van der Waals surface area (Å²) in [5.74, 6) is 0.789. The summed E-state index contributed by atoms with van der Waals surface area (Å²) in [6, 6.07) is 16.6. The van der Waals surface area contributed by atoms with E-state index in [-0.39, 0.29) is 10.6 Å². The maximum atomic E-state index is 11.2. The fourth-order valence-corrected chi connectivity index (χ4v) is 4.00. The van der Waals surface area contributed by atoms with E-state index in [1.807, 2.05) is 42.0 Å². The number of nitro groups is 1. The summed E-state index contributed by atoms with van der Waals surface area (Å²) in [5.41, 5.74) is 4.83. The van der Waals surface area contributed by atoms with Crippen LogP contribution >= 0.6 is 11.3 Å². The molecule has 0 fully saturated rings.